The zero-order valence-corrected chi connectivity index (χ0v) is 19.6. The Morgan fingerprint density at radius 1 is 1.17 bits per heavy atom. The fourth-order valence-corrected chi connectivity index (χ4v) is 4.77. The molecule has 2 N–H and O–H groups in total. The third-order valence-corrected chi connectivity index (χ3v) is 6.65. The predicted molar refractivity (Wildman–Crippen MR) is 131 cm³/mol. The number of hydrogen-bond donors (Lipinski definition) is 2. The van der Waals surface area contributed by atoms with Gasteiger partial charge in [-0.3, -0.25) is 9.69 Å². The van der Waals surface area contributed by atoms with Crippen LogP contribution < -0.4 is 10.2 Å². The molecule has 2 amide bonds. The number of nitrogens with zero attached hydrogens (tertiary/aromatic N) is 2. The van der Waals surface area contributed by atoms with Crippen LogP contribution >= 0.6 is 12.2 Å². The second kappa shape index (κ2) is 9.53. The molecule has 1 aromatic heterocycles. The van der Waals surface area contributed by atoms with Gasteiger partial charge in [0.2, 0.25) is 0 Å². The number of amides is 2. The van der Waals surface area contributed by atoms with Gasteiger partial charge in [0, 0.05) is 18.5 Å². The lowest BCUT2D eigenvalue weighted by molar-refractivity contribution is 0.0682. The lowest BCUT2D eigenvalue weighted by atomic mass is 9.88. The van der Waals surface area contributed by atoms with Gasteiger partial charge in [-0.05, 0) is 60.8 Å². The highest BCUT2D eigenvalue weighted by Gasteiger charge is 2.33. The number of fused-ring (bicyclic) bond motifs is 1. The Morgan fingerprint density at radius 3 is 2.66 bits per heavy atom. The minimum atomic E-state index is -0.579. The van der Waals surface area contributed by atoms with E-state index in [1.165, 1.54) is 11.0 Å². The SMILES string of the molecule is O=C(c1cc2ccccc2o1)N1CCC(c2ccc(N3C[C@H](CNC(O)=S)OC3=O)cc2F)CC1. The lowest BCUT2D eigenvalue weighted by Crippen LogP contribution is -2.37. The largest absolute Gasteiger partial charge is 0.487 e. The maximum Gasteiger partial charge on any atom is 0.414 e. The summed E-state index contributed by atoms with van der Waals surface area (Å²) in [6.07, 6.45) is 0.167. The standard InChI is InChI=1S/C25H24FN3O5S/c26-20-12-17(29-14-18(33-25(29)32)13-27-24(31)35)5-6-19(20)15-7-9-28(10-8-15)23(30)22-11-16-3-1-2-4-21(16)34-22/h1-6,11-12,15,18H,7-10,13-14H2,(H2,27,31,35)/t18-/m0/s1. The first-order chi connectivity index (χ1) is 16.9. The summed E-state index contributed by atoms with van der Waals surface area (Å²) >= 11 is 4.55. The molecule has 8 nitrogen and oxygen atoms in total. The fourth-order valence-electron chi connectivity index (χ4n) is 4.69. The average molecular weight is 498 g/mol. The second-order valence-corrected chi connectivity index (χ2v) is 9.11. The summed E-state index contributed by atoms with van der Waals surface area (Å²) in [6, 6.07) is 14.0. The van der Waals surface area contributed by atoms with Crippen molar-refractivity contribution in [1.82, 2.24) is 10.2 Å². The van der Waals surface area contributed by atoms with Crippen LogP contribution in [-0.4, -0.2) is 59.5 Å². The van der Waals surface area contributed by atoms with E-state index in [1.807, 2.05) is 24.3 Å². The van der Waals surface area contributed by atoms with Crippen LogP contribution in [-0.2, 0) is 4.74 Å². The first-order valence-electron chi connectivity index (χ1n) is 11.4. The Bertz CT molecular complexity index is 1250. The highest BCUT2D eigenvalue weighted by molar-refractivity contribution is 7.79. The van der Waals surface area contributed by atoms with Gasteiger partial charge in [-0.2, -0.15) is 0 Å². The van der Waals surface area contributed by atoms with Crippen molar-refractivity contribution in [2.24, 2.45) is 0 Å². The van der Waals surface area contributed by atoms with Gasteiger partial charge in [0.05, 0.1) is 18.8 Å². The van der Waals surface area contributed by atoms with Crippen LogP contribution in [0.15, 0.2) is 52.9 Å². The lowest BCUT2D eigenvalue weighted by Gasteiger charge is -2.32. The van der Waals surface area contributed by atoms with Crippen molar-refractivity contribution < 1.29 is 28.2 Å². The Kier molecular flexibility index (Phi) is 6.29. The number of benzene rings is 2. The van der Waals surface area contributed by atoms with Crippen molar-refractivity contribution >= 4 is 46.0 Å². The zero-order chi connectivity index (χ0) is 24.5. The normalized spacial score (nSPS) is 18.7. The van der Waals surface area contributed by atoms with Crippen molar-refractivity contribution in [3.05, 3.63) is 65.7 Å². The molecule has 3 heterocycles. The fraction of sp³-hybridized carbons (Fsp3) is 0.320. The van der Waals surface area contributed by atoms with E-state index < -0.39 is 18.0 Å². The summed E-state index contributed by atoms with van der Waals surface area (Å²) in [7, 11) is 0. The number of halogens is 1. The molecule has 2 saturated heterocycles. The third-order valence-electron chi connectivity index (χ3n) is 6.51. The van der Waals surface area contributed by atoms with E-state index in [4.69, 9.17) is 14.3 Å². The number of hydrogen-bond acceptors (Lipinski definition) is 5. The Balaban J connectivity index is 1.21. The summed E-state index contributed by atoms with van der Waals surface area (Å²) in [5.41, 5.74) is 1.65. The van der Waals surface area contributed by atoms with E-state index in [2.05, 4.69) is 17.5 Å². The van der Waals surface area contributed by atoms with Crippen LogP contribution in [0.1, 0.15) is 34.9 Å². The molecule has 2 aliphatic rings. The molecule has 2 aromatic carbocycles. The van der Waals surface area contributed by atoms with E-state index >= 15 is 4.39 Å². The molecule has 3 aromatic rings. The van der Waals surface area contributed by atoms with E-state index in [0.29, 0.717) is 48.5 Å². The summed E-state index contributed by atoms with van der Waals surface area (Å²) in [5.74, 6) is -0.270. The number of para-hydroxylation sites is 1. The highest BCUT2D eigenvalue weighted by Crippen LogP contribution is 2.33. The first-order valence-corrected chi connectivity index (χ1v) is 11.8. The summed E-state index contributed by atoms with van der Waals surface area (Å²) < 4.78 is 26.0. The van der Waals surface area contributed by atoms with Crippen LogP contribution in [0.2, 0.25) is 0 Å². The number of piperidine rings is 1. The smallest absolute Gasteiger partial charge is 0.414 e. The second-order valence-electron chi connectivity index (χ2n) is 8.72. The molecule has 0 bridgehead atoms. The first kappa shape index (κ1) is 23.1. The number of ether oxygens (including phenoxy) is 1. The van der Waals surface area contributed by atoms with Gasteiger partial charge in [0.25, 0.3) is 11.1 Å². The number of carbonyl (C=O) groups excluding carboxylic acids is 2. The van der Waals surface area contributed by atoms with E-state index in [1.54, 1.807) is 23.1 Å². The molecular formula is C25H24FN3O5S. The molecule has 0 saturated carbocycles. The van der Waals surface area contributed by atoms with Crippen molar-refractivity contribution in [1.29, 1.82) is 0 Å². The highest BCUT2D eigenvalue weighted by atomic mass is 32.1. The molecule has 0 aliphatic carbocycles. The van der Waals surface area contributed by atoms with Crippen LogP contribution in [0.4, 0.5) is 14.9 Å². The van der Waals surface area contributed by atoms with Crippen LogP contribution in [0.5, 0.6) is 0 Å². The van der Waals surface area contributed by atoms with Crippen molar-refractivity contribution in [3.8, 4) is 0 Å². The average Bonchev–Trinajstić information content (AvgIpc) is 3.46. The van der Waals surface area contributed by atoms with E-state index in [0.717, 1.165) is 5.39 Å². The Morgan fingerprint density at radius 2 is 1.94 bits per heavy atom. The number of nitrogens with one attached hydrogen (secondary N) is 1. The van der Waals surface area contributed by atoms with Crippen LogP contribution in [0, 0.1) is 5.82 Å². The van der Waals surface area contributed by atoms with Gasteiger partial charge in [-0.15, -0.1) is 0 Å². The molecule has 0 spiro atoms. The number of cyclic esters (lactones) is 1. The predicted octanol–water partition coefficient (Wildman–Crippen LogP) is 4.35. The summed E-state index contributed by atoms with van der Waals surface area (Å²) in [5, 5.41) is 12.1. The number of aliphatic hydroxyl groups is 1. The van der Waals surface area contributed by atoms with Gasteiger partial charge in [-0.1, -0.05) is 24.3 Å². The van der Waals surface area contributed by atoms with Crippen LogP contribution in [0.25, 0.3) is 11.0 Å². The maximum absolute atomic E-state index is 15.1. The molecule has 2 aliphatic heterocycles. The molecule has 2 fully saturated rings. The van der Waals surface area contributed by atoms with Crippen molar-refractivity contribution in [2.75, 3.05) is 31.1 Å². The van der Waals surface area contributed by atoms with E-state index in [9.17, 15) is 9.59 Å². The molecule has 1 atom stereocenters. The van der Waals surface area contributed by atoms with Gasteiger partial charge in [0.15, 0.2) is 5.76 Å². The number of furan rings is 1. The molecular weight excluding hydrogens is 473 g/mol. The number of aliphatic hydroxyl groups excluding tert-OH is 1. The minimum Gasteiger partial charge on any atom is -0.487 e. The number of carbonyl (C=O) groups is 2. The molecule has 182 valence electrons. The van der Waals surface area contributed by atoms with Crippen molar-refractivity contribution in [2.45, 2.75) is 24.9 Å². The van der Waals surface area contributed by atoms with E-state index in [-0.39, 0.29) is 30.1 Å². The third kappa shape index (κ3) is 4.79. The topological polar surface area (TPSA) is 95.2 Å². The minimum absolute atomic E-state index is 0.0307. The Labute approximate surface area is 206 Å². The number of anilines is 1. The number of likely N-dealkylation sites (tertiary alicyclic amines) is 1. The summed E-state index contributed by atoms with van der Waals surface area (Å²) in [6.45, 7) is 1.39. The quantitative estimate of drug-likeness (QED) is 0.506. The van der Waals surface area contributed by atoms with Crippen LogP contribution in [0.3, 0.4) is 0 Å². The van der Waals surface area contributed by atoms with Gasteiger partial charge in [0.1, 0.15) is 17.5 Å². The molecule has 0 radical (unpaired) electrons. The van der Waals surface area contributed by atoms with Gasteiger partial charge < -0.3 is 24.5 Å². The molecule has 0 unspecified atom stereocenters. The maximum atomic E-state index is 15.1. The number of thiocarbonyl (C=S) groups is 1. The monoisotopic (exact) mass is 497 g/mol. The molecule has 10 heteroatoms. The molecule has 5 rings (SSSR count). The number of rotatable bonds is 5. The molecule has 35 heavy (non-hydrogen) atoms. The van der Waals surface area contributed by atoms with Crippen molar-refractivity contribution in [3.63, 3.8) is 0 Å². The Hall–Kier alpha value is -3.66. The van der Waals surface area contributed by atoms with Gasteiger partial charge >= 0.3 is 6.09 Å². The zero-order valence-electron chi connectivity index (χ0n) is 18.8. The summed E-state index contributed by atoms with van der Waals surface area (Å²) in [4.78, 5) is 28.2. The van der Waals surface area contributed by atoms with Gasteiger partial charge in [-0.25, -0.2) is 9.18 Å².